The average molecular weight is 210 g/mol. The Morgan fingerprint density at radius 3 is 2.60 bits per heavy atom. The van der Waals surface area contributed by atoms with Crippen LogP contribution in [0.15, 0.2) is 0 Å². The van der Waals surface area contributed by atoms with Crippen LogP contribution in [0.1, 0.15) is 39.5 Å². The Morgan fingerprint density at radius 1 is 1.33 bits per heavy atom. The second-order valence-corrected chi connectivity index (χ2v) is 5.23. The lowest BCUT2D eigenvalue weighted by atomic mass is 9.72. The summed E-state index contributed by atoms with van der Waals surface area (Å²) in [7, 11) is 0. The molecule has 0 bridgehead atoms. The van der Waals surface area contributed by atoms with Crippen molar-refractivity contribution in [1.82, 2.24) is 10.2 Å². The summed E-state index contributed by atoms with van der Waals surface area (Å²) in [5.41, 5.74) is 0.139. The number of imide groups is 1. The molecule has 1 unspecified atom stereocenters. The van der Waals surface area contributed by atoms with E-state index in [4.69, 9.17) is 0 Å². The second kappa shape index (κ2) is 3.51. The Balaban J connectivity index is 2.15. The van der Waals surface area contributed by atoms with Gasteiger partial charge in [0.1, 0.15) is 6.54 Å². The summed E-state index contributed by atoms with van der Waals surface area (Å²) in [6.45, 7) is 4.62. The van der Waals surface area contributed by atoms with E-state index in [2.05, 4.69) is 19.2 Å². The first kappa shape index (κ1) is 10.5. The normalized spacial score (nSPS) is 30.5. The van der Waals surface area contributed by atoms with Gasteiger partial charge in [-0.25, -0.2) is 4.79 Å². The van der Waals surface area contributed by atoms with Crippen molar-refractivity contribution in [3.05, 3.63) is 0 Å². The minimum absolute atomic E-state index is 0.139. The van der Waals surface area contributed by atoms with Crippen LogP contribution in [0.25, 0.3) is 0 Å². The van der Waals surface area contributed by atoms with E-state index in [1.807, 2.05) is 0 Å². The number of carbonyl (C=O) groups is 2. The van der Waals surface area contributed by atoms with E-state index in [0.29, 0.717) is 0 Å². The van der Waals surface area contributed by atoms with Crippen LogP contribution >= 0.6 is 0 Å². The Hall–Kier alpha value is -1.06. The number of hydrogen-bond donors (Lipinski definition) is 1. The number of carbonyl (C=O) groups excluding carboxylic acids is 2. The molecule has 0 radical (unpaired) electrons. The molecule has 1 heterocycles. The molecule has 2 aliphatic rings. The van der Waals surface area contributed by atoms with Crippen LogP contribution < -0.4 is 5.32 Å². The first-order chi connectivity index (χ1) is 7.00. The molecule has 0 aromatic carbocycles. The summed E-state index contributed by atoms with van der Waals surface area (Å²) in [4.78, 5) is 24.4. The van der Waals surface area contributed by atoms with Crippen molar-refractivity contribution in [2.45, 2.75) is 45.6 Å². The quantitative estimate of drug-likeness (QED) is 0.667. The van der Waals surface area contributed by atoms with Gasteiger partial charge in [0.2, 0.25) is 5.91 Å². The van der Waals surface area contributed by atoms with Gasteiger partial charge in [-0.3, -0.25) is 10.1 Å². The summed E-state index contributed by atoms with van der Waals surface area (Å²) in [6.07, 6.45) is 4.54. The molecular formula is C11H18N2O2. The van der Waals surface area contributed by atoms with Crippen LogP contribution in [-0.2, 0) is 4.79 Å². The Labute approximate surface area is 90.0 Å². The van der Waals surface area contributed by atoms with Gasteiger partial charge in [-0.05, 0) is 18.3 Å². The molecule has 0 spiro atoms. The topological polar surface area (TPSA) is 49.4 Å². The van der Waals surface area contributed by atoms with Crippen molar-refractivity contribution < 1.29 is 9.59 Å². The monoisotopic (exact) mass is 210 g/mol. The molecule has 2 fully saturated rings. The third-order valence-corrected chi connectivity index (χ3v) is 3.65. The number of nitrogens with one attached hydrogen (secondary N) is 1. The SMILES string of the molecule is CC1(C)CCCCC1N1CC(=O)NC1=O. The smallest absolute Gasteiger partial charge is 0.312 e. The minimum atomic E-state index is -0.208. The van der Waals surface area contributed by atoms with E-state index >= 15 is 0 Å². The maximum absolute atomic E-state index is 11.6. The standard InChI is InChI=1S/C11H18N2O2/c1-11(2)6-4-3-5-8(11)13-7-9(14)12-10(13)15/h8H,3-7H2,1-2H3,(H,12,14,15). The summed E-state index contributed by atoms with van der Waals surface area (Å²) < 4.78 is 0. The minimum Gasteiger partial charge on any atom is -0.312 e. The van der Waals surface area contributed by atoms with Gasteiger partial charge in [0, 0.05) is 6.04 Å². The molecule has 1 saturated heterocycles. The lowest BCUT2D eigenvalue weighted by Crippen LogP contribution is -2.48. The number of nitrogens with zero attached hydrogens (tertiary/aromatic N) is 1. The van der Waals surface area contributed by atoms with E-state index in [-0.39, 0.29) is 29.9 Å². The van der Waals surface area contributed by atoms with Gasteiger partial charge in [0.05, 0.1) is 0 Å². The maximum Gasteiger partial charge on any atom is 0.324 e. The van der Waals surface area contributed by atoms with Crippen molar-refractivity contribution in [1.29, 1.82) is 0 Å². The highest BCUT2D eigenvalue weighted by atomic mass is 16.2. The fourth-order valence-electron chi connectivity index (χ4n) is 2.76. The highest BCUT2D eigenvalue weighted by Gasteiger charge is 2.41. The van der Waals surface area contributed by atoms with Crippen molar-refractivity contribution in [2.75, 3.05) is 6.54 Å². The molecule has 1 aliphatic heterocycles. The summed E-state index contributed by atoms with van der Waals surface area (Å²) in [5, 5.41) is 2.35. The van der Waals surface area contributed by atoms with Crippen LogP contribution in [-0.4, -0.2) is 29.4 Å². The lowest BCUT2D eigenvalue weighted by molar-refractivity contribution is -0.118. The molecule has 3 amide bonds. The third-order valence-electron chi connectivity index (χ3n) is 3.65. The maximum atomic E-state index is 11.6. The average Bonchev–Trinajstić information content (AvgIpc) is 2.44. The molecule has 0 aromatic heterocycles. The Kier molecular flexibility index (Phi) is 2.44. The first-order valence-corrected chi connectivity index (χ1v) is 5.61. The van der Waals surface area contributed by atoms with Crippen molar-refractivity contribution in [3.8, 4) is 0 Å². The zero-order valence-corrected chi connectivity index (χ0v) is 9.38. The highest BCUT2D eigenvalue weighted by Crippen LogP contribution is 2.39. The molecule has 4 heteroatoms. The second-order valence-electron chi connectivity index (χ2n) is 5.23. The van der Waals surface area contributed by atoms with E-state index in [0.717, 1.165) is 19.3 Å². The van der Waals surface area contributed by atoms with Crippen LogP contribution in [0.3, 0.4) is 0 Å². The molecule has 4 nitrogen and oxygen atoms in total. The Bertz CT molecular complexity index is 299. The van der Waals surface area contributed by atoms with Crippen LogP contribution in [0.2, 0.25) is 0 Å². The van der Waals surface area contributed by atoms with Crippen LogP contribution in [0.4, 0.5) is 4.79 Å². The number of rotatable bonds is 1. The zero-order chi connectivity index (χ0) is 11.1. The summed E-state index contributed by atoms with van der Waals surface area (Å²) >= 11 is 0. The Morgan fingerprint density at radius 2 is 2.07 bits per heavy atom. The first-order valence-electron chi connectivity index (χ1n) is 5.61. The molecule has 1 aliphatic carbocycles. The van der Waals surface area contributed by atoms with E-state index in [1.165, 1.54) is 6.42 Å². The lowest BCUT2D eigenvalue weighted by Gasteiger charge is -2.42. The molecule has 84 valence electrons. The largest absolute Gasteiger partial charge is 0.324 e. The predicted octanol–water partition coefficient (Wildman–Crippen LogP) is 1.51. The zero-order valence-electron chi connectivity index (χ0n) is 9.38. The van der Waals surface area contributed by atoms with E-state index < -0.39 is 0 Å². The van der Waals surface area contributed by atoms with Gasteiger partial charge in [0.15, 0.2) is 0 Å². The van der Waals surface area contributed by atoms with Gasteiger partial charge in [-0.2, -0.15) is 0 Å². The highest BCUT2D eigenvalue weighted by molar-refractivity contribution is 6.02. The van der Waals surface area contributed by atoms with Crippen LogP contribution in [0, 0.1) is 5.41 Å². The molecule has 1 N–H and O–H groups in total. The summed E-state index contributed by atoms with van der Waals surface area (Å²) in [6, 6.07) is 0.0117. The van der Waals surface area contributed by atoms with Gasteiger partial charge < -0.3 is 4.90 Å². The fraction of sp³-hybridized carbons (Fsp3) is 0.818. The van der Waals surface area contributed by atoms with Gasteiger partial charge >= 0.3 is 6.03 Å². The third kappa shape index (κ3) is 1.85. The van der Waals surface area contributed by atoms with Crippen molar-refractivity contribution >= 4 is 11.9 Å². The van der Waals surface area contributed by atoms with Gasteiger partial charge in [-0.15, -0.1) is 0 Å². The summed E-state index contributed by atoms with van der Waals surface area (Å²) in [5.74, 6) is -0.165. The van der Waals surface area contributed by atoms with Crippen molar-refractivity contribution in [2.24, 2.45) is 5.41 Å². The fourth-order valence-corrected chi connectivity index (χ4v) is 2.76. The molecular weight excluding hydrogens is 192 g/mol. The van der Waals surface area contributed by atoms with Gasteiger partial charge in [-0.1, -0.05) is 26.7 Å². The molecule has 0 aromatic rings. The molecule has 2 rings (SSSR count). The number of urea groups is 1. The molecule has 1 atom stereocenters. The van der Waals surface area contributed by atoms with Gasteiger partial charge in [0.25, 0.3) is 0 Å². The predicted molar refractivity (Wildman–Crippen MR) is 56.3 cm³/mol. The van der Waals surface area contributed by atoms with Crippen LogP contribution in [0.5, 0.6) is 0 Å². The molecule has 15 heavy (non-hydrogen) atoms. The van der Waals surface area contributed by atoms with E-state index in [1.54, 1.807) is 4.90 Å². The number of amides is 3. The van der Waals surface area contributed by atoms with Crippen molar-refractivity contribution in [3.63, 3.8) is 0 Å². The van der Waals surface area contributed by atoms with E-state index in [9.17, 15) is 9.59 Å². The molecule has 1 saturated carbocycles. The number of hydrogen-bond acceptors (Lipinski definition) is 2.